The summed E-state index contributed by atoms with van der Waals surface area (Å²) >= 11 is 3.07. The number of halogens is 3. The third-order valence-electron chi connectivity index (χ3n) is 2.21. The maximum Gasteiger partial charge on any atom is 0.490 e. The van der Waals surface area contributed by atoms with Gasteiger partial charge in [-0.3, -0.25) is 4.90 Å². The van der Waals surface area contributed by atoms with Crippen LogP contribution in [-0.2, 0) is 11.3 Å². The Labute approximate surface area is 130 Å². The van der Waals surface area contributed by atoms with Gasteiger partial charge in [0.2, 0.25) is 0 Å². The van der Waals surface area contributed by atoms with Crippen molar-refractivity contribution >= 4 is 40.4 Å². The second-order valence-corrected chi connectivity index (χ2v) is 5.34. The third kappa shape index (κ3) is 5.74. The fourth-order valence-electron chi connectivity index (χ4n) is 1.25. The number of thiophene rings is 2. The predicted octanol–water partition coefficient (Wildman–Crippen LogP) is 4.13. The summed E-state index contributed by atoms with van der Waals surface area (Å²) in [6.07, 6.45) is -6.00. The Bertz CT molecular complexity index is 596. The molecule has 0 aliphatic heterocycles. The van der Waals surface area contributed by atoms with Crippen LogP contribution in [-0.4, -0.2) is 28.5 Å². The molecular formula is C12H10F3NO4S2. The first-order valence-electron chi connectivity index (χ1n) is 5.55. The van der Waals surface area contributed by atoms with Gasteiger partial charge in [-0.1, -0.05) is 0 Å². The minimum absolute atomic E-state index is 0.412. The second-order valence-electron chi connectivity index (χ2n) is 3.78. The minimum atomic E-state index is -5.08. The Morgan fingerprint density at radius 2 is 1.64 bits per heavy atom. The number of hydrogen-bond acceptors (Lipinski definition) is 4. The zero-order valence-corrected chi connectivity index (χ0v) is 12.4. The molecule has 2 aromatic rings. The largest absolute Gasteiger partial charge is 0.490 e. The summed E-state index contributed by atoms with van der Waals surface area (Å²) in [4.78, 5) is 21.3. The van der Waals surface area contributed by atoms with Crippen LogP contribution < -0.4 is 4.90 Å². The molecule has 0 bridgehead atoms. The van der Waals surface area contributed by atoms with E-state index in [9.17, 15) is 18.0 Å². The summed E-state index contributed by atoms with van der Waals surface area (Å²) in [6, 6.07) is 3.75. The fourth-order valence-corrected chi connectivity index (χ4v) is 2.55. The molecule has 2 aromatic heterocycles. The van der Waals surface area contributed by atoms with Crippen LogP contribution in [0, 0.1) is 0 Å². The molecule has 120 valence electrons. The van der Waals surface area contributed by atoms with Gasteiger partial charge in [0.1, 0.15) is 0 Å². The van der Waals surface area contributed by atoms with Crippen molar-refractivity contribution in [3.63, 3.8) is 0 Å². The van der Waals surface area contributed by atoms with Crippen LogP contribution in [0.5, 0.6) is 0 Å². The molecule has 0 atom stereocenters. The monoisotopic (exact) mass is 353 g/mol. The molecular weight excluding hydrogens is 343 g/mol. The molecule has 0 spiro atoms. The summed E-state index contributed by atoms with van der Waals surface area (Å²) in [5.41, 5.74) is 1.76. The summed E-state index contributed by atoms with van der Waals surface area (Å²) in [7, 11) is 0. The molecule has 5 nitrogen and oxygen atoms in total. The topological polar surface area (TPSA) is 77.8 Å². The number of anilines is 1. The molecule has 0 saturated carbocycles. The first kappa shape index (κ1) is 18.0. The summed E-state index contributed by atoms with van der Waals surface area (Å²) in [5.74, 6) is -2.76. The van der Waals surface area contributed by atoms with E-state index in [1.165, 1.54) is 16.2 Å². The quantitative estimate of drug-likeness (QED) is 0.870. The van der Waals surface area contributed by atoms with Crippen LogP contribution >= 0.6 is 22.7 Å². The Balaban J connectivity index is 0.000000295. The van der Waals surface area contributed by atoms with Gasteiger partial charge >= 0.3 is 18.2 Å². The van der Waals surface area contributed by atoms with E-state index in [2.05, 4.69) is 0 Å². The number of hydrogen-bond donors (Lipinski definition) is 2. The number of rotatable bonds is 3. The lowest BCUT2D eigenvalue weighted by Crippen LogP contribution is -2.27. The number of alkyl halides is 3. The van der Waals surface area contributed by atoms with Gasteiger partial charge in [0, 0.05) is 5.38 Å². The van der Waals surface area contributed by atoms with Gasteiger partial charge in [-0.25, -0.2) is 9.59 Å². The number of carboxylic acids is 1. The molecule has 0 fully saturated rings. The molecule has 0 aromatic carbocycles. The van der Waals surface area contributed by atoms with Crippen LogP contribution in [0.4, 0.5) is 23.7 Å². The predicted molar refractivity (Wildman–Crippen MR) is 76.5 cm³/mol. The Morgan fingerprint density at radius 1 is 1.09 bits per heavy atom. The molecule has 10 heteroatoms. The maximum atomic E-state index is 11.1. The molecule has 0 radical (unpaired) electrons. The van der Waals surface area contributed by atoms with Crippen LogP contribution in [0.1, 0.15) is 5.56 Å². The number of nitrogens with zero attached hydrogens (tertiary/aromatic N) is 1. The van der Waals surface area contributed by atoms with Crippen molar-refractivity contribution in [3.8, 4) is 0 Å². The Kier molecular flexibility index (Phi) is 6.38. The van der Waals surface area contributed by atoms with Crippen molar-refractivity contribution in [1.82, 2.24) is 0 Å². The first-order valence-corrected chi connectivity index (χ1v) is 7.44. The van der Waals surface area contributed by atoms with Crippen LogP contribution in [0.25, 0.3) is 0 Å². The number of carboxylic acid groups (broad SMARTS) is 2. The maximum absolute atomic E-state index is 11.1. The van der Waals surface area contributed by atoms with Crippen molar-refractivity contribution in [3.05, 3.63) is 39.2 Å². The van der Waals surface area contributed by atoms with E-state index in [4.69, 9.17) is 15.0 Å². The first-order chi connectivity index (χ1) is 10.2. The molecule has 22 heavy (non-hydrogen) atoms. The average Bonchev–Trinajstić information content (AvgIpc) is 3.08. The number of aliphatic carboxylic acids is 1. The number of amides is 1. The molecule has 2 rings (SSSR count). The lowest BCUT2D eigenvalue weighted by Gasteiger charge is -2.16. The van der Waals surface area contributed by atoms with Gasteiger partial charge in [-0.05, 0) is 33.8 Å². The third-order valence-corrected chi connectivity index (χ3v) is 3.61. The standard InChI is InChI=1S/C10H9NO2S2.C2HF3O2/c12-10(13)11(9-2-4-15-7-9)5-8-1-3-14-6-8;3-2(4,5)1(6)7/h1-4,6-7H,5H2,(H,12,13);(H,6,7). The van der Waals surface area contributed by atoms with Crippen molar-refractivity contribution in [2.45, 2.75) is 12.7 Å². The van der Waals surface area contributed by atoms with Crippen LogP contribution in [0.3, 0.4) is 0 Å². The lowest BCUT2D eigenvalue weighted by molar-refractivity contribution is -0.192. The van der Waals surface area contributed by atoms with Gasteiger partial charge in [-0.2, -0.15) is 35.8 Å². The fraction of sp³-hybridized carbons (Fsp3) is 0.167. The summed E-state index contributed by atoms with van der Waals surface area (Å²) in [6.45, 7) is 0.412. The van der Waals surface area contributed by atoms with E-state index in [1.807, 2.05) is 33.7 Å². The van der Waals surface area contributed by atoms with E-state index >= 15 is 0 Å². The molecule has 0 saturated heterocycles. The van der Waals surface area contributed by atoms with E-state index in [-0.39, 0.29) is 0 Å². The van der Waals surface area contributed by atoms with Gasteiger partial charge in [-0.15, -0.1) is 0 Å². The zero-order chi connectivity index (χ0) is 16.8. The minimum Gasteiger partial charge on any atom is -0.475 e. The molecule has 1 amide bonds. The Morgan fingerprint density at radius 3 is 2.00 bits per heavy atom. The number of carbonyl (C=O) groups is 2. The van der Waals surface area contributed by atoms with Crippen LogP contribution in [0.2, 0.25) is 0 Å². The zero-order valence-electron chi connectivity index (χ0n) is 10.8. The Hall–Kier alpha value is -2.07. The van der Waals surface area contributed by atoms with E-state index in [0.29, 0.717) is 6.54 Å². The van der Waals surface area contributed by atoms with Crippen molar-refractivity contribution in [2.75, 3.05) is 4.90 Å². The molecule has 2 heterocycles. The normalized spacial score (nSPS) is 10.5. The molecule has 2 N–H and O–H groups in total. The highest BCUT2D eigenvalue weighted by Crippen LogP contribution is 2.21. The highest BCUT2D eigenvalue weighted by Gasteiger charge is 2.38. The van der Waals surface area contributed by atoms with Crippen molar-refractivity contribution < 1.29 is 33.0 Å². The van der Waals surface area contributed by atoms with Gasteiger partial charge in [0.25, 0.3) is 0 Å². The average molecular weight is 353 g/mol. The van der Waals surface area contributed by atoms with Gasteiger partial charge < -0.3 is 10.2 Å². The van der Waals surface area contributed by atoms with Crippen molar-refractivity contribution in [1.29, 1.82) is 0 Å². The molecule has 0 unspecified atom stereocenters. The van der Waals surface area contributed by atoms with Gasteiger partial charge in [0.05, 0.1) is 12.2 Å². The smallest absolute Gasteiger partial charge is 0.475 e. The van der Waals surface area contributed by atoms with E-state index in [1.54, 1.807) is 11.3 Å². The molecule has 0 aliphatic carbocycles. The SMILES string of the molecule is O=C(O)C(F)(F)F.O=C(O)N(Cc1ccsc1)c1ccsc1. The highest BCUT2D eigenvalue weighted by molar-refractivity contribution is 7.08. The second kappa shape index (κ2) is 7.80. The van der Waals surface area contributed by atoms with Gasteiger partial charge in [0.15, 0.2) is 0 Å². The van der Waals surface area contributed by atoms with E-state index < -0.39 is 18.2 Å². The van der Waals surface area contributed by atoms with Crippen molar-refractivity contribution in [2.24, 2.45) is 0 Å². The summed E-state index contributed by atoms with van der Waals surface area (Å²) < 4.78 is 31.7. The molecule has 0 aliphatic rings. The lowest BCUT2D eigenvalue weighted by atomic mass is 10.3. The van der Waals surface area contributed by atoms with E-state index in [0.717, 1.165) is 11.3 Å². The summed E-state index contributed by atoms with van der Waals surface area (Å²) in [5, 5.41) is 23.8. The highest BCUT2D eigenvalue weighted by atomic mass is 32.1. The van der Waals surface area contributed by atoms with Crippen LogP contribution in [0.15, 0.2) is 33.7 Å².